The van der Waals surface area contributed by atoms with Crippen LogP contribution in [0.15, 0.2) is 261 Å². The van der Waals surface area contributed by atoms with Gasteiger partial charge in [-0.2, -0.15) is 0 Å². The molecule has 0 aromatic heterocycles. The molecule has 0 saturated heterocycles. The van der Waals surface area contributed by atoms with Crippen LogP contribution in [0.4, 0.5) is 17.1 Å². The van der Waals surface area contributed by atoms with Crippen LogP contribution in [-0.2, 0) is 0 Å². The monoisotopic (exact) mass is 825 g/mol. The smallest absolute Gasteiger partial charge is 0.0546 e. The third-order valence-electron chi connectivity index (χ3n) is 13.1. The van der Waals surface area contributed by atoms with E-state index < -0.39 is 0 Å². The second-order valence-corrected chi connectivity index (χ2v) is 16.8. The van der Waals surface area contributed by atoms with Crippen molar-refractivity contribution in [1.82, 2.24) is 0 Å². The minimum absolute atomic E-state index is 1.08. The van der Waals surface area contributed by atoms with E-state index in [0.29, 0.717) is 0 Å². The van der Waals surface area contributed by atoms with Gasteiger partial charge in [0.25, 0.3) is 0 Å². The first kappa shape index (κ1) is 38.2. The molecule has 12 aromatic carbocycles. The van der Waals surface area contributed by atoms with Crippen LogP contribution in [0.1, 0.15) is 0 Å². The fourth-order valence-corrected chi connectivity index (χ4v) is 9.86. The lowest BCUT2D eigenvalue weighted by molar-refractivity contribution is 1.28. The molecule has 12 rings (SSSR count). The fourth-order valence-electron chi connectivity index (χ4n) is 9.86. The number of fused-ring (bicyclic) bond motifs is 5. The summed E-state index contributed by atoms with van der Waals surface area (Å²) in [5.41, 5.74) is 15.2. The number of rotatable bonds is 8. The predicted octanol–water partition coefficient (Wildman–Crippen LogP) is 18.1. The van der Waals surface area contributed by atoms with E-state index >= 15 is 0 Å². The van der Waals surface area contributed by atoms with Crippen molar-refractivity contribution in [1.29, 1.82) is 0 Å². The molecule has 0 radical (unpaired) electrons. The van der Waals surface area contributed by atoms with Gasteiger partial charge in [0.15, 0.2) is 0 Å². The summed E-state index contributed by atoms with van der Waals surface area (Å²) in [7, 11) is 0. The topological polar surface area (TPSA) is 3.24 Å². The third-order valence-corrected chi connectivity index (χ3v) is 13.1. The van der Waals surface area contributed by atoms with Crippen LogP contribution in [0.2, 0.25) is 0 Å². The Balaban J connectivity index is 1.01. The van der Waals surface area contributed by atoms with E-state index in [9.17, 15) is 0 Å². The standard InChI is InChI=1S/C64H43N/c1-2-14-48(15-3-1)60-41-36-52(63-42-51-18-6-9-23-59(51)61-24-10-11-25-62(61)63)43-64(60)65(54-39-34-50(35-40-54)58-27-13-20-47-17-5-8-22-56(47)58)53-37-32-45(33-38-53)44-28-30-49(31-29-44)57-26-12-19-46-16-4-7-21-55(46)57/h1-43H. The Morgan fingerprint density at radius 3 is 1.22 bits per heavy atom. The zero-order valence-electron chi connectivity index (χ0n) is 35.8. The van der Waals surface area contributed by atoms with Crippen LogP contribution in [0.5, 0.6) is 0 Å². The highest BCUT2D eigenvalue weighted by Crippen LogP contribution is 2.45. The van der Waals surface area contributed by atoms with Gasteiger partial charge in [-0.3, -0.25) is 0 Å². The van der Waals surface area contributed by atoms with Gasteiger partial charge in [-0.15, -0.1) is 0 Å². The van der Waals surface area contributed by atoms with Crippen LogP contribution in [0.25, 0.3) is 98.7 Å². The van der Waals surface area contributed by atoms with Gasteiger partial charge in [0.1, 0.15) is 0 Å². The Kier molecular flexibility index (Phi) is 9.58. The lowest BCUT2D eigenvalue weighted by Gasteiger charge is -2.29. The molecule has 1 heteroatoms. The summed E-state index contributed by atoms with van der Waals surface area (Å²) in [6, 6.07) is 95.3. The first-order valence-electron chi connectivity index (χ1n) is 22.4. The number of hydrogen-bond acceptors (Lipinski definition) is 1. The summed E-state index contributed by atoms with van der Waals surface area (Å²) in [5, 5.41) is 10.0. The summed E-state index contributed by atoms with van der Waals surface area (Å²) in [6.07, 6.45) is 0. The molecule has 0 saturated carbocycles. The van der Waals surface area contributed by atoms with Crippen molar-refractivity contribution in [3.63, 3.8) is 0 Å². The number of nitrogens with zero attached hydrogens (tertiary/aromatic N) is 1. The molecule has 304 valence electrons. The van der Waals surface area contributed by atoms with Crippen molar-refractivity contribution >= 4 is 60.2 Å². The maximum Gasteiger partial charge on any atom is 0.0546 e. The summed E-state index contributed by atoms with van der Waals surface area (Å²) in [5.74, 6) is 0. The van der Waals surface area contributed by atoms with E-state index in [1.165, 1.54) is 87.6 Å². The van der Waals surface area contributed by atoms with Gasteiger partial charge in [0, 0.05) is 16.9 Å². The SMILES string of the molecule is c1ccc(-c2ccc(-c3cc4ccccc4c4ccccc34)cc2N(c2ccc(-c3ccc(-c4cccc5ccccc45)cc3)cc2)c2ccc(-c3cccc4ccccc34)cc2)cc1. The van der Waals surface area contributed by atoms with Gasteiger partial charge in [-0.25, -0.2) is 0 Å². The van der Waals surface area contributed by atoms with E-state index in [1.54, 1.807) is 0 Å². The number of anilines is 3. The van der Waals surface area contributed by atoms with Gasteiger partial charge in [-0.1, -0.05) is 224 Å². The van der Waals surface area contributed by atoms with Crippen molar-refractivity contribution in [2.75, 3.05) is 4.90 Å². The van der Waals surface area contributed by atoms with E-state index in [2.05, 4.69) is 266 Å². The van der Waals surface area contributed by atoms with Gasteiger partial charge >= 0.3 is 0 Å². The molecule has 0 aliphatic heterocycles. The third kappa shape index (κ3) is 7.01. The van der Waals surface area contributed by atoms with Crippen molar-refractivity contribution in [2.24, 2.45) is 0 Å². The minimum Gasteiger partial charge on any atom is -0.310 e. The quantitative estimate of drug-likeness (QED) is 0.138. The van der Waals surface area contributed by atoms with Crippen LogP contribution in [0.3, 0.4) is 0 Å². The van der Waals surface area contributed by atoms with Crippen LogP contribution in [0, 0.1) is 0 Å². The maximum absolute atomic E-state index is 2.44. The van der Waals surface area contributed by atoms with Gasteiger partial charge in [-0.05, 0) is 130 Å². The van der Waals surface area contributed by atoms with E-state index in [1.807, 2.05) is 0 Å². The Hall–Kier alpha value is -8.52. The zero-order valence-corrected chi connectivity index (χ0v) is 35.8. The molecule has 0 N–H and O–H groups in total. The Bertz CT molecular complexity index is 3670. The molecule has 0 spiro atoms. The van der Waals surface area contributed by atoms with E-state index in [0.717, 1.165) is 28.2 Å². The molecular formula is C64H43N. The average Bonchev–Trinajstić information content (AvgIpc) is 3.39. The lowest BCUT2D eigenvalue weighted by Crippen LogP contribution is -2.11. The molecule has 0 amide bonds. The highest BCUT2D eigenvalue weighted by Gasteiger charge is 2.20. The maximum atomic E-state index is 2.44. The highest BCUT2D eigenvalue weighted by molar-refractivity contribution is 6.14. The first-order valence-corrected chi connectivity index (χ1v) is 22.4. The number of benzene rings is 12. The molecule has 0 fully saturated rings. The molecule has 0 aliphatic carbocycles. The van der Waals surface area contributed by atoms with Crippen LogP contribution < -0.4 is 4.90 Å². The van der Waals surface area contributed by atoms with Crippen molar-refractivity contribution in [3.05, 3.63) is 261 Å². The Morgan fingerprint density at radius 1 is 0.200 bits per heavy atom. The summed E-state index contributed by atoms with van der Waals surface area (Å²) in [6.45, 7) is 0. The van der Waals surface area contributed by atoms with Gasteiger partial charge in [0.05, 0.1) is 5.69 Å². The van der Waals surface area contributed by atoms with Crippen LogP contribution in [-0.4, -0.2) is 0 Å². The minimum atomic E-state index is 1.08. The molecule has 1 nitrogen and oxygen atoms in total. The van der Waals surface area contributed by atoms with Gasteiger partial charge in [0.2, 0.25) is 0 Å². The summed E-state index contributed by atoms with van der Waals surface area (Å²) < 4.78 is 0. The van der Waals surface area contributed by atoms with Crippen molar-refractivity contribution in [2.45, 2.75) is 0 Å². The summed E-state index contributed by atoms with van der Waals surface area (Å²) >= 11 is 0. The second kappa shape index (κ2) is 16.3. The van der Waals surface area contributed by atoms with E-state index in [4.69, 9.17) is 0 Å². The average molecular weight is 826 g/mol. The van der Waals surface area contributed by atoms with Crippen LogP contribution >= 0.6 is 0 Å². The molecule has 0 heterocycles. The summed E-state index contributed by atoms with van der Waals surface area (Å²) in [4.78, 5) is 2.44. The van der Waals surface area contributed by atoms with E-state index in [-0.39, 0.29) is 0 Å². The number of hydrogen-bond donors (Lipinski definition) is 0. The molecular weight excluding hydrogens is 783 g/mol. The molecule has 65 heavy (non-hydrogen) atoms. The molecule has 12 aromatic rings. The fraction of sp³-hybridized carbons (Fsp3) is 0. The zero-order chi connectivity index (χ0) is 43.1. The highest BCUT2D eigenvalue weighted by atomic mass is 15.1. The largest absolute Gasteiger partial charge is 0.310 e. The molecule has 0 aliphatic rings. The van der Waals surface area contributed by atoms with Crippen molar-refractivity contribution in [3.8, 4) is 55.6 Å². The first-order chi connectivity index (χ1) is 32.2. The Labute approximate surface area is 379 Å². The van der Waals surface area contributed by atoms with Gasteiger partial charge < -0.3 is 4.90 Å². The Morgan fingerprint density at radius 2 is 0.615 bits per heavy atom. The van der Waals surface area contributed by atoms with Crippen molar-refractivity contribution < 1.29 is 0 Å². The second-order valence-electron chi connectivity index (χ2n) is 16.8. The predicted molar refractivity (Wildman–Crippen MR) is 278 cm³/mol. The molecule has 0 unspecified atom stereocenters. The molecule has 0 atom stereocenters. The lowest BCUT2D eigenvalue weighted by atomic mass is 9.91. The molecule has 0 bridgehead atoms. The normalized spacial score (nSPS) is 11.4.